The van der Waals surface area contributed by atoms with Crippen molar-refractivity contribution in [1.82, 2.24) is 14.9 Å². The van der Waals surface area contributed by atoms with Crippen LogP contribution in [-0.2, 0) is 27.6 Å². The Labute approximate surface area is 220 Å². The lowest BCUT2D eigenvalue weighted by molar-refractivity contribution is -0.199. The Kier molecular flexibility index (Phi) is 7.61. The van der Waals surface area contributed by atoms with Gasteiger partial charge in [0.25, 0.3) is 5.91 Å². The van der Waals surface area contributed by atoms with Gasteiger partial charge in [-0.15, -0.1) is 12.4 Å². The van der Waals surface area contributed by atoms with Crippen LogP contribution in [-0.4, -0.2) is 40.2 Å². The minimum absolute atomic E-state index is 0. The SMILES string of the molecule is Cl.Cn1ccnc1C=C(N)C(=O)N[C@@H](CCCc1ccccc1)B1O[C@@H]2C[C@@H]3C[C@@H](C3(C)C)[C@]2(C)O1. The Morgan fingerprint density at radius 3 is 2.72 bits per heavy atom. The molecule has 9 heteroatoms. The third-order valence-corrected chi connectivity index (χ3v) is 8.84. The number of aryl methyl sites for hydroxylation is 2. The summed E-state index contributed by atoms with van der Waals surface area (Å²) in [6.45, 7) is 6.91. The zero-order chi connectivity index (χ0) is 24.8. The highest BCUT2D eigenvalue weighted by Crippen LogP contribution is 2.65. The lowest BCUT2D eigenvalue weighted by Gasteiger charge is -2.64. The molecule has 3 N–H and O–H groups in total. The van der Waals surface area contributed by atoms with E-state index in [-0.39, 0.29) is 47.1 Å². The molecule has 2 bridgehead atoms. The average molecular weight is 513 g/mol. The normalized spacial score (nSPS) is 29.1. The molecule has 0 radical (unpaired) electrons. The average Bonchev–Trinajstić information content (AvgIpc) is 3.40. The van der Waals surface area contributed by atoms with Crippen molar-refractivity contribution in [2.45, 2.75) is 70.5 Å². The number of imidazole rings is 1. The highest BCUT2D eigenvalue weighted by Gasteiger charge is 2.68. The van der Waals surface area contributed by atoms with Gasteiger partial charge >= 0.3 is 7.12 Å². The van der Waals surface area contributed by atoms with Crippen LogP contribution in [0.2, 0.25) is 0 Å². The van der Waals surface area contributed by atoms with E-state index >= 15 is 0 Å². The molecule has 0 spiro atoms. The minimum atomic E-state index is -0.485. The quantitative estimate of drug-likeness (QED) is 0.413. The van der Waals surface area contributed by atoms with Gasteiger partial charge < -0.3 is 24.9 Å². The summed E-state index contributed by atoms with van der Waals surface area (Å²) in [5.74, 6) is 1.16. The van der Waals surface area contributed by atoms with Crippen LogP contribution in [0.5, 0.6) is 0 Å². The molecule has 2 heterocycles. The molecule has 6 rings (SSSR count). The highest BCUT2D eigenvalue weighted by molar-refractivity contribution is 6.48. The van der Waals surface area contributed by atoms with Crippen molar-refractivity contribution in [2.75, 3.05) is 0 Å². The summed E-state index contributed by atoms with van der Waals surface area (Å²) >= 11 is 0. The summed E-state index contributed by atoms with van der Waals surface area (Å²) in [5, 5.41) is 3.13. The van der Waals surface area contributed by atoms with Crippen molar-refractivity contribution >= 4 is 31.5 Å². The molecule has 2 aromatic rings. The second-order valence-electron chi connectivity index (χ2n) is 11.3. The predicted octanol–water partition coefficient (Wildman–Crippen LogP) is 3.92. The van der Waals surface area contributed by atoms with Crippen LogP contribution in [0.1, 0.15) is 57.8 Å². The summed E-state index contributed by atoms with van der Waals surface area (Å²) in [5.41, 5.74) is 7.52. The van der Waals surface area contributed by atoms with E-state index in [9.17, 15) is 4.79 Å². The molecule has 5 atom stereocenters. The molecule has 7 nitrogen and oxygen atoms in total. The molecule has 1 amide bonds. The zero-order valence-electron chi connectivity index (χ0n) is 21.6. The van der Waals surface area contributed by atoms with Crippen LogP contribution in [0.3, 0.4) is 0 Å². The van der Waals surface area contributed by atoms with Crippen molar-refractivity contribution in [3.63, 3.8) is 0 Å². The molecule has 4 aliphatic rings. The predicted molar refractivity (Wildman–Crippen MR) is 144 cm³/mol. The van der Waals surface area contributed by atoms with Gasteiger partial charge in [-0.1, -0.05) is 44.2 Å². The minimum Gasteiger partial charge on any atom is -0.404 e. The number of nitrogens with two attached hydrogens (primary N) is 1. The van der Waals surface area contributed by atoms with Crippen LogP contribution in [0, 0.1) is 17.3 Å². The van der Waals surface area contributed by atoms with Crippen molar-refractivity contribution < 1.29 is 14.1 Å². The van der Waals surface area contributed by atoms with Gasteiger partial charge in [-0.05, 0) is 61.8 Å². The Bertz CT molecular complexity index is 1110. The summed E-state index contributed by atoms with van der Waals surface area (Å²) in [4.78, 5) is 17.3. The lowest BCUT2D eigenvalue weighted by atomic mass is 9.43. The summed E-state index contributed by atoms with van der Waals surface area (Å²) < 4.78 is 15.0. The molecule has 0 unspecified atom stereocenters. The standard InChI is InChI=1S/C27H37BN4O3.ClH/c1-26(2)19-15-21(26)27(3)22(16-19)34-28(35-27)23(12-8-11-18-9-6-5-7-10-18)31-25(33)20(29)17-24-30-13-14-32(24)4;/h5-7,9-10,13-14,17,19,21-23H,8,11-12,15-16,29H2,1-4H3,(H,31,33);1H/t19-,21-,22+,23-,27-;/m0./s1. The number of amides is 1. The summed E-state index contributed by atoms with van der Waals surface area (Å²) in [6, 6.07) is 10.4. The topological polar surface area (TPSA) is 91.4 Å². The number of rotatable bonds is 8. The van der Waals surface area contributed by atoms with Crippen molar-refractivity contribution in [3.05, 3.63) is 59.8 Å². The molecule has 4 fully saturated rings. The van der Waals surface area contributed by atoms with Crippen molar-refractivity contribution in [1.29, 1.82) is 0 Å². The van der Waals surface area contributed by atoms with E-state index in [1.54, 1.807) is 12.3 Å². The van der Waals surface area contributed by atoms with Crippen LogP contribution in [0.15, 0.2) is 48.4 Å². The fourth-order valence-electron chi connectivity index (χ4n) is 6.49. The van der Waals surface area contributed by atoms with E-state index in [1.165, 1.54) is 12.0 Å². The maximum absolute atomic E-state index is 13.1. The van der Waals surface area contributed by atoms with E-state index in [1.807, 2.05) is 23.9 Å². The van der Waals surface area contributed by atoms with Gasteiger partial charge in [0.05, 0.1) is 17.6 Å². The second-order valence-corrected chi connectivity index (χ2v) is 11.3. The number of nitrogens with one attached hydrogen (secondary N) is 1. The van der Waals surface area contributed by atoms with E-state index in [2.05, 4.69) is 55.3 Å². The number of hydrogen-bond donors (Lipinski definition) is 2. The molecule has 1 saturated heterocycles. The van der Waals surface area contributed by atoms with Crippen LogP contribution >= 0.6 is 12.4 Å². The first kappa shape index (κ1) is 26.8. The van der Waals surface area contributed by atoms with E-state index < -0.39 is 7.12 Å². The van der Waals surface area contributed by atoms with E-state index in [4.69, 9.17) is 15.0 Å². The molecule has 194 valence electrons. The van der Waals surface area contributed by atoms with Crippen molar-refractivity contribution in [2.24, 2.45) is 30.0 Å². The van der Waals surface area contributed by atoms with Gasteiger partial charge in [-0.3, -0.25) is 4.79 Å². The summed E-state index contributed by atoms with van der Waals surface area (Å²) in [6.07, 6.45) is 9.95. The molecular weight excluding hydrogens is 475 g/mol. The Hall–Kier alpha value is -2.29. The van der Waals surface area contributed by atoms with Gasteiger partial charge in [0.15, 0.2) is 0 Å². The zero-order valence-corrected chi connectivity index (χ0v) is 22.5. The number of benzene rings is 1. The number of carbonyl (C=O) groups is 1. The fourth-order valence-corrected chi connectivity index (χ4v) is 6.49. The highest BCUT2D eigenvalue weighted by atomic mass is 35.5. The first-order chi connectivity index (χ1) is 16.7. The monoisotopic (exact) mass is 512 g/mol. The third-order valence-electron chi connectivity index (χ3n) is 8.84. The van der Waals surface area contributed by atoms with Gasteiger partial charge in [0.2, 0.25) is 0 Å². The van der Waals surface area contributed by atoms with Crippen LogP contribution < -0.4 is 11.1 Å². The fraction of sp³-hybridized carbons (Fsp3) is 0.556. The largest absolute Gasteiger partial charge is 0.481 e. The number of halogens is 1. The van der Waals surface area contributed by atoms with Gasteiger partial charge in [-0.25, -0.2) is 4.98 Å². The third kappa shape index (κ3) is 4.83. The Morgan fingerprint density at radius 2 is 2.06 bits per heavy atom. The number of aromatic nitrogens is 2. The summed E-state index contributed by atoms with van der Waals surface area (Å²) in [7, 11) is 1.38. The maximum atomic E-state index is 13.1. The lowest BCUT2D eigenvalue weighted by Crippen LogP contribution is -2.65. The maximum Gasteiger partial charge on any atom is 0.481 e. The molecule has 3 aliphatic carbocycles. The smallest absolute Gasteiger partial charge is 0.404 e. The Morgan fingerprint density at radius 1 is 1.31 bits per heavy atom. The first-order valence-corrected chi connectivity index (χ1v) is 12.8. The van der Waals surface area contributed by atoms with E-state index in [0.717, 1.165) is 25.7 Å². The molecule has 36 heavy (non-hydrogen) atoms. The van der Waals surface area contributed by atoms with Crippen molar-refractivity contribution in [3.8, 4) is 0 Å². The molecular formula is C27H38BClN4O3. The van der Waals surface area contributed by atoms with Gasteiger partial charge in [-0.2, -0.15) is 0 Å². The first-order valence-electron chi connectivity index (χ1n) is 12.8. The second kappa shape index (κ2) is 10.2. The Balaban J connectivity index is 0.00000304. The van der Waals surface area contributed by atoms with Crippen LogP contribution in [0.25, 0.3) is 6.08 Å². The number of hydrogen-bond acceptors (Lipinski definition) is 5. The molecule has 1 aliphatic heterocycles. The van der Waals surface area contributed by atoms with Crippen LogP contribution in [0.4, 0.5) is 0 Å². The van der Waals surface area contributed by atoms with E-state index in [0.29, 0.717) is 17.7 Å². The van der Waals surface area contributed by atoms with Gasteiger partial charge in [0, 0.05) is 25.5 Å². The molecule has 1 aromatic carbocycles. The molecule has 3 saturated carbocycles. The number of nitrogens with zero attached hydrogens (tertiary/aromatic N) is 2. The molecule has 1 aromatic heterocycles. The van der Waals surface area contributed by atoms with Gasteiger partial charge in [0.1, 0.15) is 11.5 Å². The number of carbonyl (C=O) groups excluding carboxylic acids is 1.